The summed E-state index contributed by atoms with van der Waals surface area (Å²) in [5, 5.41) is 6.16. The van der Waals surface area contributed by atoms with Crippen LogP contribution in [-0.2, 0) is 19.4 Å². The predicted octanol–water partition coefficient (Wildman–Crippen LogP) is 11.0. The van der Waals surface area contributed by atoms with E-state index >= 15 is 0 Å². The normalized spacial score (nSPS) is 16.1. The first-order valence-electron chi connectivity index (χ1n) is 19.1. The fourth-order valence-electron chi connectivity index (χ4n) is 8.19. The Labute approximate surface area is 322 Å². The topological polar surface area (TPSA) is 96.6 Å². The zero-order valence-corrected chi connectivity index (χ0v) is 31.0. The predicted molar refractivity (Wildman–Crippen MR) is 226 cm³/mol. The van der Waals surface area contributed by atoms with Crippen LogP contribution in [0.2, 0.25) is 0 Å². The molecule has 3 aliphatic rings. The first kappa shape index (κ1) is 35.6. The van der Waals surface area contributed by atoms with Crippen LogP contribution in [0.1, 0.15) is 80.1 Å². The number of Topliss-reactive ketones (excluding diaryl/α,β-unsaturated/α-hetero) is 1. The molecule has 1 heterocycles. The van der Waals surface area contributed by atoms with Gasteiger partial charge in [-0.3, -0.25) is 14.6 Å². The molecule has 2 unspecified atom stereocenters. The minimum absolute atomic E-state index is 0.136. The zero-order valence-electron chi connectivity index (χ0n) is 31.0. The highest BCUT2D eigenvalue weighted by Crippen LogP contribution is 2.47. The van der Waals surface area contributed by atoms with Gasteiger partial charge in [-0.15, -0.1) is 0 Å². The molecule has 272 valence electrons. The van der Waals surface area contributed by atoms with E-state index in [1.54, 1.807) is 6.21 Å². The number of nitrogens with one attached hydrogen (secondary N) is 2. The molecule has 6 heteroatoms. The van der Waals surface area contributed by atoms with E-state index < -0.39 is 0 Å². The Morgan fingerprint density at radius 2 is 1.55 bits per heavy atom. The number of carbonyl (C=O) groups is 2. The molecule has 0 saturated carbocycles. The van der Waals surface area contributed by atoms with Gasteiger partial charge in [0, 0.05) is 35.8 Å². The van der Waals surface area contributed by atoms with Crippen LogP contribution in [0.25, 0.3) is 22.3 Å². The summed E-state index contributed by atoms with van der Waals surface area (Å²) < 4.78 is 0. The number of rotatable bonds is 6. The van der Waals surface area contributed by atoms with Gasteiger partial charge < -0.3 is 16.4 Å². The smallest absolute Gasteiger partial charge is 0.256 e. The Hall–Kier alpha value is -6.37. The molecule has 4 N–H and O–H groups in total. The van der Waals surface area contributed by atoms with Crippen LogP contribution in [0.15, 0.2) is 151 Å². The van der Waals surface area contributed by atoms with Gasteiger partial charge in [-0.05, 0) is 130 Å². The Balaban J connectivity index is 0.000000332. The van der Waals surface area contributed by atoms with Crippen LogP contribution in [0.5, 0.6) is 0 Å². The fraction of sp³-hybridized carbons (Fsp3) is 0.163. The molecule has 0 spiro atoms. The summed E-state index contributed by atoms with van der Waals surface area (Å²) in [6.45, 7) is 2.78. The van der Waals surface area contributed by atoms with Crippen molar-refractivity contribution < 1.29 is 9.59 Å². The third-order valence-corrected chi connectivity index (χ3v) is 11.0. The highest BCUT2D eigenvalue weighted by molar-refractivity contribution is 6.09. The van der Waals surface area contributed by atoms with Gasteiger partial charge in [0.15, 0.2) is 5.78 Å². The largest absolute Gasteiger partial charge is 0.360 e. The number of ketones is 1. The molecule has 0 bridgehead atoms. The molecule has 6 aromatic carbocycles. The van der Waals surface area contributed by atoms with Gasteiger partial charge in [0.05, 0.1) is 17.3 Å². The Bertz CT molecular complexity index is 2430. The van der Waals surface area contributed by atoms with Gasteiger partial charge in [0.1, 0.15) is 0 Å². The summed E-state index contributed by atoms with van der Waals surface area (Å²) in [6.07, 6.45) is 9.60. The molecule has 0 fully saturated rings. The number of hydrogen-bond donors (Lipinski definition) is 3. The number of nitrogens with zero attached hydrogens (tertiary/aromatic N) is 1. The standard InChI is InChI=1S/C40H36N2O2.C9H8N2/c1-25-7-6-12-34-31(25)21-22-35-33-10-3-2-8-29(33)23-37(38(34)35)39(43)28-17-19-30(20-18-28)42-40(44)36-11-5-4-9-32(36)27-15-13-26(24-41)14-16-27;1-2-5-9-8(4-1)10-6-3-7-11-9/h2-5,8-11,13-22,25,37H,6-7,12,23-24,41H2,1H3,(H,42,44);1-7,10H. The van der Waals surface area contributed by atoms with Crippen molar-refractivity contribution in [3.05, 3.63) is 185 Å². The number of benzene rings is 6. The molecule has 0 saturated heterocycles. The molecule has 9 rings (SSSR count). The van der Waals surface area contributed by atoms with E-state index in [9.17, 15) is 9.59 Å². The number of aliphatic imine (C=N–C) groups is 1. The molecule has 1 amide bonds. The van der Waals surface area contributed by atoms with E-state index in [0.29, 0.717) is 35.7 Å². The van der Waals surface area contributed by atoms with Crippen molar-refractivity contribution in [1.82, 2.24) is 0 Å². The van der Waals surface area contributed by atoms with Gasteiger partial charge in [-0.2, -0.15) is 0 Å². The summed E-state index contributed by atoms with van der Waals surface area (Å²) in [5.74, 6) is 0.228. The second-order valence-electron chi connectivity index (χ2n) is 14.4. The van der Waals surface area contributed by atoms with E-state index in [-0.39, 0.29) is 17.6 Å². The number of carbonyl (C=O) groups excluding carboxylic acids is 2. The molecule has 2 aliphatic carbocycles. The molecule has 0 aromatic heterocycles. The highest BCUT2D eigenvalue weighted by atomic mass is 16.1. The lowest BCUT2D eigenvalue weighted by atomic mass is 9.69. The maximum Gasteiger partial charge on any atom is 0.256 e. The monoisotopic (exact) mass is 720 g/mol. The second-order valence-corrected chi connectivity index (χ2v) is 14.4. The molecule has 6 nitrogen and oxygen atoms in total. The van der Waals surface area contributed by atoms with Gasteiger partial charge >= 0.3 is 0 Å². The van der Waals surface area contributed by atoms with E-state index in [1.165, 1.54) is 39.8 Å². The first-order valence-corrected chi connectivity index (χ1v) is 19.1. The highest BCUT2D eigenvalue weighted by Gasteiger charge is 2.34. The lowest BCUT2D eigenvalue weighted by Crippen LogP contribution is -2.24. The third-order valence-electron chi connectivity index (χ3n) is 11.0. The van der Waals surface area contributed by atoms with E-state index in [1.807, 2.05) is 109 Å². The average molecular weight is 721 g/mol. The van der Waals surface area contributed by atoms with Crippen molar-refractivity contribution in [3.8, 4) is 22.3 Å². The fourth-order valence-corrected chi connectivity index (χ4v) is 8.19. The average Bonchev–Trinajstić information content (AvgIpc) is 3.49. The number of para-hydroxylation sites is 2. The first-order chi connectivity index (χ1) is 27.0. The van der Waals surface area contributed by atoms with Crippen LogP contribution in [-0.4, -0.2) is 17.9 Å². The molecule has 6 aromatic rings. The number of allylic oxidation sites excluding steroid dienone is 1. The molecule has 0 radical (unpaired) electrons. The Morgan fingerprint density at radius 1 is 0.800 bits per heavy atom. The maximum atomic E-state index is 14.2. The maximum absolute atomic E-state index is 14.2. The SMILES string of the molecule is C1=CNc2ccccc2N=C1.CC1CCCc2c1ccc1c2C(C(=O)c2ccc(NC(=O)c3ccccc3-c3ccc(CN)cc3)cc2)Cc2ccccc2-1. The summed E-state index contributed by atoms with van der Waals surface area (Å²) in [4.78, 5) is 31.9. The Kier molecular flexibility index (Phi) is 10.3. The van der Waals surface area contributed by atoms with Crippen LogP contribution in [0, 0.1) is 0 Å². The van der Waals surface area contributed by atoms with Crippen molar-refractivity contribution >= 4 is 35.0 Å². The van der Waals surface area contributed by atoms with Crippen LogP contribution < -0.4 is 16.4 Å². The molecular formula is C49H44N4O2. The second kappa shape index (κ2) is 15.9. The van der Waals surface area contributed by atoms with Crippen molar-refractivity contribution in [3.63, 3.8) is 0 Å². The molecule has 2 atom stereocenters. The number of fused-ring (bicyclic) bond motifs is 6. The Morgan fingerprint density at radius 3 is 2.36 bits per heavy atom. The minimum atomic E-state index is -0.224. The number of hydrogen-bond acceptors (Lipinski definition) is 5. The van der Waals surface area contributed by atoms with E-state index in [0.717, 1.165) is 40.9 Å². The quantitative estimate of drug-likeness (QED) is 0.149. The van der Waals surface area contributed by atoms with Crippen LogP contribution in [0.3, 0.4) is 0 Å². The number of anilines is 2. The number of nitrogens with two attached hydrogens (primary N) is 1. The minimum Gasteiger partial charge on any atom is -0.360 e. The zero-order chi connectivity index (χ0) is 37.7. The summed E-state index contributed by atoms with van der Waals surface area (Å²) in [7, 11) is 0. The number of amides is 1. The van der Waals surface area contributed by atoms with Gasteiger partial charge in [0.2, 0.25) is 0 Å². The summed E-state index contributed by atoms with van der Waals surface area (Å²) >= 11 is 0. The third kappa shape index (κ3) is 7.42. The van der Waals surface area contributed by atoms with Crippen molar-refractivity contribution in [2.24, 2.45) is 10.7 Å². The molecular weight excluding hydrogens is 677 g/mol. The van der Waals surface area contributed by atoms with Crippen molar-refractivity contribution in [2.45, 2.75) is 51.0 Å². The lowest BCUT2D eigenvalue weighted by molar-refractivity contribution is 0.0957. The summed E-state index contributed by atoms with van der Waals surface area (Å²) in [5.41, 5.74) is 20.3. The van der Waals surface area contributed by atoms with E-state index in [2.05, 4.69) is 58.9 Å². The molecule has 1 aliphatic heterocycles. The van der Waals surface area contributed by atoms with Crippen molar-refractivity contribution in [2.75, 3.05) is 10.6 Å². The summed E-state index contributed by atoms with van der Waals surface area (Å²) in [6, 6.07) is 43.9. The van der Waals surface area contributed by atoms with Crippen LogP contribution >= 0.6 is 0 Å². The van der Waals surface area contributed by atoms with Gasteiger partial charge in [-0.1, -0.05) is 97.9 Å². The van der Waals surface area contributed by atoms with Gasteiger partial charge in [-0.25, -0.2) is 0 Å². The molecule has 55 heavy (non-hydrogen) atoms. The van der Waals surface area contributed by atoms with E-state index in [4.69, 9.17) is 5.73 Å². The van der Waals surface area contributed by atoms with Crippen LogP contribution in [0.4, 0.5) is 17.1 Å². The lowest BCUT2D eigenvalue weighted by Gasteiger charge is -2.33. The van der Waals surface area contributed by atoms with Gasteiger partial charge in [0.25, 0.3) is 5.91 Å². The van der Waals surface area contributed by atoms with Crippen molar-refractivity contribution in [1.29, 1.82) is 0 Å².